The molecule has 126 valence electrons. The van der Waals surface area contributed by atoms with Crippen molar-refractivity contribution in [2.24, 2.45) is 0 Å². The molecule has 0 bridgehead atoms. The summed E-state index contributed by atoms with van der Waals surface area (Å²) < 4.78 is 6.01. The summed E-state index contributed by atoms with van der Waals surface area (Å²) in [7, 11) is 0. The lowest BCUT2D eigenvalue weighted by molar-refractivity contribution is 0.104. The summed E-state index contributed by atoms with van der Waals surface area (Å²) in [4.78, 5) is 12.8. The minimum atomic E-state index is 0.104. The van der Waals surface area contributed by atoms with E-state index in [4.69, 9.17) is 4.42 Å². The fourth-order valence-corrected chi connectivity index (χ4v) is 4.11. The maximum Gasteiger partial charge on any atom is 0.194 e. The number of fused-ring (bicyclic) bond motifs is 6. The van der Waals surface area contributed by atoms with Crippen molar-refractivity contribution in [3.63, 3.8) is 0 Å². The van der Waals surface area contributed by atoms with Gasteiger partial charge < -0.3 is 4.42 Å². The monoisotopic (exact) mass is 346 g/mol. The highest BCUT2D eigenvalue weighted by molar-refractivity contribution is 6.22. The van der Waals surface area contributed by atoms with Gasteiger partial charge in [0.25, 0.3) is 0 Å². The number of carbonyl (C=O) groups is 1. The van der Waals surface area contributed by atoms with Crippen molar-refractivity contribution in [2.75, 3.05) is 0 Å². The van der Waals surface area contributed by atoms with Gasteiger partial charge in [-0.1, -0.05) is 60.7 Å². The number of ketones is 1. The first-order chi connectivity index (χ1) is 13.3. The van der Waals surface area contributed by atoms with Gasteiger partial charge in [0.2, 0.25) is 0 Å². The van der Waals surface area contributed by atoms with Crippen LogP contribution in [0.3, 0.4) is 0 Å². The highest BCUT2D eigenvalue weighted by atomic mass is 16.3. The molecule has 5 aromatic rings. The summed E-state index contributed by atoms with van der Waals surface area (Å²) in [6, 6.07) is 28.3. The number of carbonyl (C=O) groups excluding carboxylic acids is 1. The molecular weight excluding hydrogens is 332 g/mol. The molecule has 0 saturated carbocycles. The van der Waals surface area contributed by atoms with Crippen LogP contribution in [0.25, 0.3) is 44.2 Å². The predicted molar refractivity (Wildman–Crippen MR) is 108 cm³/mol. The van der Waals surface area contributed by atoms with E-state index >= 15 is 0 Å². The number of benzene rings is 4. The lowest BCUT2D eigenvalue weighted by Crippen LogP contribution is -1.95. The van der Waals surface area contributed by atoms with E-state index in [2.05, 4.69) is 36.4 Å². The average molecular weight is 346 g/mol. The largest absolute Gasteiger partial charge is 0.456 e. The fraction of sp³-hybridized carbons (Fsp3) is 0. The van der Waals surface area contributed by atoms with Gasteiger partial charge in [0.1, 0.15) is 11.2 Å². The molecule has 0 fully saturated rings. The second kappa shape index (κ2) is 5.18. The van der Waals surface area contributed by atoms with Gasteiger partial charge in [0.15, 0.2) is 5.78 Å². The fourth-order valence-electron chi connectivity index (χ4n) is 4.11. The van der Waals surface area contributed by atoms with Gasteiger partial charge in [0, 0.05) is 21.9 Å². The minimum Gasteiger partial charge on any atom is -0.456 e. The Morgan fingerprint density at radius 3 is 2.11 bits per heavy atom. The molecule has 27 heavy (non-hydrogen) atoms. The van der Waals surface area contributed by atoms with Gasteiger partial charge in [0.05, 0.1) is 0 Å². The van der Waals surface area contributed by atoms with Gasteiger partial charge in [-0.15, -0.1) is 0 Å². The van der Waals surface area contributed by atoms with E-state index in [1.165, 1.54) is 0 Å². The first-order valence-corrected chi connectivity index (χ1v) is 8.99. The highest BCUT2D eigenvalue weighted by Crippen LogP contribution is 2.39. The third kappa shape index (κ3) is 1.98. The van der Waals surface area contributed by atoms with Crippen LogP contribution in [-0.2, 0) is 0 Å². The Bertz CT molecular complexity index is 1390. The molecule has 1 heterocycles. The molecule has 4 aromatic carbocycles. The van der Waals surface area contributed by atoms with Crippen LogP contribution in [0.1, 0.15) is 15.9 Å². The number of hydrogen-bond donors (Lipinski definition) is 0. The molecule has 1 aromatic heterocycles. The molecule has 0 unspecified atom stereocenters. The summed E-state index contributed by atoms with van der Waals surface area (Å²) in [5.41, 5.74) is 7.44. The second-order valence-corrected chi connectivity index (χ2v) is 6.94. The highest BCUT2D eigenvalue weighted by Gasteiger charge is 2.26. The Morgan fingerprint density at radius 2 is 1.19 bits per heavy atom. The van der Waals surface area contributed by atoms with Crippen molar-refractivity contribution >= 4 is 27.7 Å². The number of rotatable bonds is 1. The van der Waals surface area contributed by atoms with E-state index in [-0.39, 0.29) is 5.78 Å². The van der Waals surface area contributed by atoms with Crippen molar-refractivity contribution in [3.8, 4) is 22.3 Å². The lowest BCUT2D eigenvalue weighted by atomic mass is 9.98. The molecule has 2 heteroatoms. The van der Waals surface area contributed by atoms with Crippen LogP contribution in [0, 0.1) is 0 Å². The normalized spacial score (nSPS) is 12.5. The van der Waals surface area contributed by atoms with Gasteiger partial charge in [-0.05, 0) is 46.5 Å². The minimum absolute atomic E-state index is 0.104. The lowest BCUT2D eigenvalue weighted by Gasteiger charge is -2.05. The molecule has 0 saturated heterocycles. The molecule has 2 nitrogen and oxygen atoms in total. The molecule has 6 rings (SSSR count). The third-order valence-corrected chi connectivity index (χ3v) is 5.44. The molecule has 0 N–H and O–H groups in total. The SMILES string of the molecule is O=C1c2ccccc2-c2ccc(-c3ccc4c(c3)oc3ccccc34)cc21. The van der Waals surface area contributed by atoms with Crippen molar-refractivity contribution in [3.05, 3.63) is 96.1 Å². The van der Waals surface area contributed by atoms with Gasteiger partial charge in [-0.3, -0.25) is 4.79 Å². The zero-order chi connectivity index (χ0) is 18.0. The van der Waals surface area contributed by atoms with E-state index in [9.17, 15) is 4.79 Å². The van der Waals surface area contributed by atoms with Crippen molar-refractivity contribution in [1.82, 2.24) is 0 Å². The van der Waals surface area contributed by atoms with Gasteiger partial charge in [-0.2, -0.15) is 0 Å². The first-order valence-electron chi connectivity index (χ1n) is 8.99. The molecule has 1 aliphatic rings. The Morgan fingerprint density at radius 1 is 0.519 bits per heavy atom. The summed E-state index contributed by atoms with van der Waals surface area (Å²) in [6.07, 6.45) is 0. The first kappa shape index (κ1) is 14.5. The average Bonchev–Trinajstić information content (AvgIpc) is 3.23. The van der Waals surface area contributed by atoms with Crippen LogP contribution in [0.2, 0.25) is 0 Å². The molecule has 0 spiro atoms. The van der Waals surface area contributed by atoms with Crippen LogP contribution in [-0.4, -0.2) is 5.78 Å². The molecule has 0 amide bonds. The zero-order valence-electron chi connectivity index (χ0n) is 14.4. The third-order valence-electron chi connectivity index (χ3n) is 5.44. The van der Waals surface area contributed by atoms with Crippen LogP contribution in [0.15, 0.2) is 89.3 Å². The summed E-state index contributed by atoms with van der Waals surface area (Å²) in [6.45, 7) is 0. The van der Waals surface area contributed by atoms with Crippen LogP contribution in [0.5, 0.6) is 0 Å². The molecular formula is C25H14O2. The van der Waals surface area contributed by atoms with Crippen LogP contribution in [0.4, 0.5) is 0 Å². The zero-order valence-corrected chi connectivity index (χ0v) is 14.4. The van der Waals surface area contributed by atoms with Crippen molar-refractivity contribution < 1.29 is 9.21 Å². The smallest absolute Gasteiger partial charge is 0.194 e. The van der Waals surface area contributed by atoms with Gasteiger partial charge >= 0.3 is 0 Å². The van der Waals surface area contributed by atoms with E-state index in [0.29, 0.717) is 0 Å². The van der Waals surface area contributed by atoms with Crippen molar-refractivity contribution in [2.45, 2.75) is 0 Å². The Kier molecular flexibility index (Phi) is 2.78. The van der Waals surface area contributed by atoms with E-state index < -0.39 is 0 Å². The summed E-state index contributed by atoms with van der Waals surface area (Å²) >= 11 is 0. The van der Waals surface area contributed by atoms with E-state index in [1.807, 2.05) is 48.5 Å². The standard InChI is InChI=1S/C25H14O2/c26-25-21-7-2-1-5-17(21)18-11-9-15(13-22(18)25)16-10-12-20-19-6-3-4-8-23(19)27-24(20)14-16/h1-14H. The molecule has 1 aliphatic carbocycles. The Labute approximate surface area is 155 Å². The number of furan rings is 1. The second-order valence-electron chi connectivity index (χ2n) is 6.94. The maximum atomic E-state index is 12.8. The molecule has 0 radical (unpaired) electrons. The van der Waals surface area contributed by atoms with E-state index in [1.54, 1.807) is 0 Å². The number of hydrogen-bond acceptors (Lipinski definition) is 2. The number of para-hydroxylation sites is 1. The van der Waals surface area contributed by atoms with Crippen LogP contribution < -0.4 is 0 Å². The topological polar surface area (TPSA) is 30.2 Å². The van der Waals surface area contributed by atoms with Crippen molar-refractivity contribution in [1.29, 1.82) is 0 Å². The Hall–Kier alpha value is -3.65. The predicted octanol–water partition coefficient (Wildman–Crippen LogP) is 6.46. The maximum absolute atomic E-state index is 12.8. The molecule has 0 aliphatic heterocycles. The van der Waals surface area contributed by atoms with Crippen LogP contribution >= 0.6 is 0 Å². The van der Waals surface area contributed by atoms with E-state index in [0.717, 1.165) is 55.3 Å². The Balaban J connectivity index is 1.52. The molecule has 0 atom stereocenters. The summed E-state index contributed by atoms with van der Waals surface area (Å²) in [5.74, 6) is 0.104. The summed E-state index contributed by atoms with van der Waals surface area (Å²) in [5, 5.41) is 2.23. The quantitative estimate of drug-likeness (QED) is 0.342. The van der Waals surface area contributed by atoms with Gasteiger partial charge in [-0.25, -0.2) is 0 Å².